The van der Waals surface area contributed by atoms with Crippen LogP contribution < -0.4 is 9.64 Å². The van der Waals surface area contributed by atoms with Gasteiger partial charge in [-0.1, -0.05) is 32.9 Å². The predicted molar refractivity (Wildman–Crippen MR) is 141 cm³/mol. The summed E-state index contributed by atoms with van der Waals surface area (Å²) in [6.45, 7) is 8.17. The number of carbonyl (C=O) groups is 2. The van der Waals surface area contributed by atoms with E-state index < -0.39 is 35.2 Å². The van der Waals surface area contributed by atoms with Crippen molar-refractivity contribution in [2.24, 2.45) is 0 Å². The quantitative estimate of drug-likeness (QED) is 0.213. The highest BCUT2D eigenvalue weighted by atomic mass is 19.4. The van der Waals surface area contributed by atoms with Crippen LogP contribution in [-0.4, -0.2) is 28.5 Å². The molecule has 0 aliphatic carbocycles. The highest BCUT2D eigenvalue weighted by Gasteiger charge is 2.47. The van der Waals surface area contributed by atoms with Crippen molar-refractivity contribution in [3.05, 3.63) is 94.6 Å². The highest BCUT2D eigenvalue weighted by Crippen LogP contribution is 2.44. The van der Waals surface area contributed by atoms with Gasteiger partial charge in [-0.05, 0) is 72.5 Å². The summed E-state index contributed by atoms with van der Waals surface area (Å²) >= 11 is 0. The third-order valence-corrected chi connectivity index (χ3v) is 6.49. The van der Waals surface area contributed by atoms with Gasteiger partial charge < -0.3 is 14.9 Å². The summed E-state index contributed by atoms with van der Waals surface area (Å²) in [5.74, 6) is -1.88. The van der Waals surface area contributed by atoms with Crippen molar-refractivity contribution in [3.63, 3.8) is 0 Å². The summed E-state index contributed by atoms with van der Waals surface area (Å²) in [5, 5.41) is 21.3. The Morgan fingerprint density at radius 1 is 0.949 bits per heavy atom. The number of nitrogens with zero attached hydrogens (tertiary/aromatic N) is 1. The molecule has 1 amide bonds. The molecule has 39 heavy (non-hydrogen) atoms. The maximum absolute atomic E-state index is 13.4. The topological polar surface area (TPSA) is 87.1 Å². The molecule has 3 aromatic carbocycles. The number of benzene rings is 3. The molecule has 2 N–H and O–H groups in total. The summed E-state index contributed by atoms with van der Waals surface area (Å²) in [5.41, 5.74) is -0.0598. The number of alkyl halides is 3. The monoisotopic (exact) mass is 539 g/mol. The van der Waals surface area contributed by atoms with Gasteiger partial charge in [-0.3, -0.25) is 14.5 Å². The Kier molecular flexibility index (Phi) is 7.21. The number of Topliss-reactive ketones (excluding diaryl/α,β-unsaturated/α-hetero) is 1. The van der Waals surface area contributed by atoms with E-state index in [4.69, 9.17) is 4.74 Å². The highest BCUT2D eigenvalue weighted by molar-refractivity contribution is 6.51. The Morgan fingerprint density at radius 3 is 2.10 bits per heavy atom. The van der Waals surface area contributed by atoms with Crippen LogP contribution in [0, 0.1) is 0 Å². The first-order valence-electron chi connectivity index (χ1n) is 12.3. The van der Waals surface area contributed by atoms with Crippen LogP contribution in [0.5, 0.6) is 11.5 Å². The smallest absolute Gasteiger partial charge is 0.416 e. The van der Waals surface area contributed by atoms with E-state index in [-0.39, 0.29) is 28.0 Å². The molecule has 0 spiro atoms. The molecule has 0 radical (unpaired) electrons. The molecular formula is C30H28F3NO5. The minimum atomic E-state index is -4.58. The Balaban J connectivity index is 1.92. The fourth-order valence-electron chi connectivity index (χ4n) is 4.58. The Morgan fingerprint density at radius 2 is 1.56 bits per heavy atom. The molecule has 1 atom stereocenters. The molecule has 1 heterocycles. The number of anilines is 1. The van der Waals surface area contributed by atoms with Gasteiger partial charge in [0.15, 0.2) is 0 Å². The van der Waals surface area contributed by atoms with Gasteiger partial charge in [0.1, 0.15) is 17.3 Å². The summed E-state index contributed by atoms with van der Waals surface area (Å²) < 4.78 is 45.2. The molecule has 3 aromatic rings. The minimum absolute atomic E-state index is 0.0456. The molecule has 4 rings (SSSR count). The average Bonchev–Trinajstić information content (AvgIpc) is 3.13. The molecule has 0 bridgehead atoms. The van der Waals surface area contributed by atoms with Crippen LogP contribution in [0.3, 0.4) is 0 Å². The van der Waals surface area contributed by atoms with Crippen molar-refractivity contribution < 1.29 is 37.7 Å². The number of ether oxygens (including phenoxy) is 1. The van der Waals surface area contributed by atoms with Crippen LogP contribution in [0.15, 0.2) is 72.3 Å². The van der Waals surface area contributed by atoms with Crippen molar-refractivity contribution in [2.75, 3.05) is 11.5 Å². The number of amides is 1. The molecule has 0 saturated carbocycles. The maximum atomic E-state index is 13.4. The molecule has 0 aromatic heterocycles. The van der Waals surface area contributed by atoms with E-state index >= 15 is 0 Å². The van der Waals surface area contributed by atoms with Crippen LogP contribution in [0.1, 0.15) is 56.0 Å². The first kappa shape index (κ1) is 27.8. The van der Waals surface area contributed by atoms with Crippen molar-refractivity contribution in [3.8, 4) is 11.5 Å². The Labute approximate surface area is 224 Å². The number of rotatable bonds is 5. The van der Waals surface area contributed by atoms with Gasteiger partial charge in [-0.25, -0.2) is 0 Å². The van der Waals surface area contributed by atoms with E-state index in [0.29, 0.717) is 17.9 Å². The van der Waals surface area contributed by atoms with E-state index in [1.54, 1.807) is 18.2 Å². The first-order chi connectivity index (χ1) is 18.2. The van der Waals surface area contributed by atoms with Crippen molar-refractivity contribution in [2.45, 2.75) is 45.3 Å². The van der Waals surface area contributed by atoms with Crippen LogP contribution >= 0.6 is 0 Å². The van der Waals surface area contributed by atoms with E-state index in [1.807, 2.05) is 27.7 Å². The summed E-state index contributed by atoms with van der Waals surface area (Å²) in [4.78, 5) is 27.7. The summed E-state index contributed by atoms with van der Waals surface area (Å²) in [6, 6.07) is 13.3. The largest absolute Gasteiger partial charge is 0.508 e. The van der Waals surface area contributed by atoms with Crippen LogP contribution in [0.4, 0.5) is 18.9 Å². The second-order valence-electron chi connectivity index (χ2n) is 10.2. The molecule has 6 nitrogen and oxygen atoms in total. The van der Waals surface area contributed by atoms with Crippen LogP contribution in [-0.2, 0) is 21.2 Å². The number of halogens is 3. The molecule has 204 valence electrons. The Bertz CT molecular complexity index is 1440. The Hall–Kier alpha value is -4.27. The lowest BCUT2D eigenvalue weighted by molar-refractivity contribution is -0.137. The zero-order valence-corrected chi connectivity index (χ0v) is 21.8. The molecular weight excluding hydrogens is 511 g/mol. The lowest BCUT2D eigenvalue weighted by Crippen LogP contribution is -2.29. The normalized spacial score (nSPS) is 17.5. The summed E-state index contributed by atoms with van der Waals surface area (Å²) in [7, 11) is 0. The lowest BCUT2D eigenvalue weighted by Gasteiger charge is -2.26. The predicted octanol–water partition coefficient (Wildman–Crippen LogP) is 6.73. The average molecular weight is 540 g/mol. The number of carbonyl (C=O) groups excluding carboxylic acids is 2. The van der Waals surface area contributed by atoms with Crippen LogP contribution in [0.2, 0.25) is 0 Å². The molecule has 1 fully saturated rings. The number of hydrogen-bond donors (Lipinski definition) is 2. The van der Waals surface area contributed by atoms with Gasteiger partial charge in [0.2, 0.25) is 0 Å². The number of aliphatic hydroxyl groups is 1. The lowest BCUT2D eigenvalue weighted by atomic mass is 9.84. The molecule has 1 aliphatic heterocycles. The van der Waals surface area contributed by atoms with Gasteiger partial charge in [0.25, 0.3) is 11.7 Å². The standard InChI is InChI=1S/C30H28F3NO5/c1-5-39-23-15-8-18(16-22(23)29(2,3)4)26(36)24-25(17-6-13-21(35)14-7-17)34(28(38)27(24)37)20-11-9-19(10-12-20)30(31,32)33/h6-16,25,35-36H,5H2,1-4H3/b26-24-. The first-order valence-corrected chi connectivity index (χ1v) is 12.3. The van der Waals surface area contributed by atoms with Crippen molar-refractivity contribution >= 4 is 23.1 Å². The maximum Gasteiger partial charge on any atom is 0.416 e. The van der Waals surface area contributed by atoms with Gasteiger partial charge in [0.05, 0.1) is 23.8 Å². The second-order valence-corrected chi connectivity index (χ2v) is 10.2. The fourth-order valence-corrected chi connectivity index (χ4v) is 4.58. The van der Waals surface area contributed by atoms with Gasteiger partial charge in [-0.15, -0.1) is 0 Å². The number of aromatic hydroxyl groups is 1. The third kappa shape index (κ3) is 5.34. The van der Waals surface area contributed by atoms with E-state index in [9.17, 15) is 33.0 Å². The van der Waals surface area contributed by atoms with E-state index in [1.165, 1.54) is 24.3 Å². The number of phenols is 1. The zero-order valence-electron chi connectivity index (χ0n) is 21.8. The van der Waals surface area contributed by atoms with Crippen molar-refractivity contribution in [1.29, 1.82) is 0 Å². The van der Waals surface area contributed by atoms with E-state index in [2.05, 4.69) is 0 Å². The van der Waals surface area contributed by atoms with E-state index in [0.717, 1.165) is 34.7 Å². The number of ketones is 1. The fraction of sp³-hybridized carbons (Fsp3) is 0.267. The molecule has 1 unspecified atom stereocenters. The van der Waals surface area contributed by atoms with Gasteiger partial charge >= 0.3 is 6.18 Å². The number of phenolic OH excluding ortho intramolecular Hbond substituents is 1. The summed E-state index contributed by atoms with van der Waals surface area (Å²) in [6.07, 6.45) is -4.58. The molecule has 1 saturated heterocycles. The molecule has 9 heteroatoms. The third-order valence-electron chi connectivity index (χ3n) is 6.49. The van der Waals surface area contributed by atoms with Gasteiger partial charge in [-0.2, -0.15) is 13.2 Å². The number of aliphatic hydroxyl groups excluding tert-OH is 1. The minimum Gasteiger partial charge on any atom is -0.508 e. The number of hydrogen-bond acceptors (Lipinski definition) is 5. The molecule has 1 aliphatic rings. The van der Waals surface area contributed by atoms with Crippen molar-refractivity contribution in [1.82, 2.24) is 0 Å². The zero-order chi connectivity index (χ0) is 28.7. The van der Waals surface area contributed by atoms with Crippen LogP contribution in [0.25, 0.3) is 5.76 Å². The second kappa shape index (κ2) is 10.1. The SMILES string of the molecule is CCOc1ccc(/C(O)=C2/C(=O)C(=O)N(c3ccc(C(F)(F)F)cc3)C2c2ccc(O)cc2)cc1C(C)(C)C. The van der Waals surface area contributed by atoms with Gasteiger partial charge in [0, 0.05) is 16.8 Å².